The first-order chi connectivity index (χ1) is 6.31. The van der Waals surface area contributed by atoms with Crippen LogP contribution < -0.4 is 10.6 Å². The Morgan fingerprint density at radius 2 is 2.38 bits per heavy atom. The fourth-order valence-electron chi connectivity index (χ4n) is 1.06. The van der Waals surface area contributed by atoms with Crippen LogP contribution in [-0.4, -0.2) is 18.4 Å². The molecule has 0 spiro atoms. The molecule has 0 aliphatic heterocycles. The van der Waals surface area contributed by atoms with E-state index in [9.17, 15) is 4.79 Å². The van der Waals surface area contributed by atoms with Gasteiger partial charge in [-0.3, -0.25) is 4.79 Å². The molecule has 13 heavy (non-hydrogen) atoms. The van der Waals surface area contributed by atoms with E-state index in [1.807, 2.05) is 6.07 Å². The number of pyridine rings is 1. The Morgan fingerprint density at radius 3 is 2.92 bits per heavy atom. The molecule has 1 rings (SSSR count). The van der Waals surface area contributed by atoms with Gasteiger partial charge in [0.05, 0.1) is 5.69 Å². The molecule has 0 fully saturated rings. The maximum absolute atomic E-state index is 10.2. The summed E-state index contributed by atoms with van der Waals surface area (Å²) in [6.07, 6.45) is 3.31. The van der Waals surface area contributed by atoms with Crippen LogP contribution in [-0.2, 0) is 11.2 Å². The SMILES string of the molecule is CCc1cnc(NC=O)c(NC)c1. The molecule has 1 aromatic rings. The summed E-state index contributed by atoms with van der Waals surface area (Å²) >= 11 is 0. The molecule has 4 heteroatoms. The first-order valence-corrected chi connectivity index (χ1v) is 4.18. The Kier molecular flexibility index (Phi) is 3.25. The Bertz CT molecular complexity index is 299. The largest absolute Gasteiger partial charge is 0.385 e. The lowest BCUT2D eigenvalue weighted by atomic mass is 10.2. The van der Waals surface area contributed by atoms with E-state index in [4.69, 9.17) is 0 Å². The van der Waals surface area contributed by atoms with E-state index >= 15 is 0 Å². The predicted molar refractivity (Wildman–Crippen MR) is 52.8 cm³/mol. The number of hydrogen-bond donors (Lipinski definition) is 2. The summed E-state index contributed by atoms with van der Waals surface area (Å²) in [5.41, 5.74) is 1.98. The van der Waals surface area contributed by atoms with Crippen LogP contribution in [0, 0.1) is 0 Å². The quantitative estimate of drug-likeness (QED) is 0.684. The second kappa shape index (κ2) is 4.45. The molecule has 4 nitrogen and oxygen atoms in total. The van der Waals surface area contributed by atoms with Gasteiger partial charge >= 0.3 is 0 Å². The third-order valence-electron chi connectivity index (χ3n) is 1.82. The zero-order chi connectivity index (χ0) is 9.68. The summed E-state index contributed by atoms with van der Waals surface area (Å²) < 4.78 is 0. The molecule has 0 saturated heterocycles. The van der Waals surface area contributed by atoms with E-state index in [0.717, 1.165) is 17.7 Å². The lowest BCUT2D eigenvalue weighted by Crippen LogP contribution is -2.02. The van der Waals surface area contributed by atoms with Gasteiger partial charge in [-0.1, -0.05) is 6.92 Å². The van der Waals surface area contributed by atoms with Crippen molar-refractivity contribution in [2.45, 2.75) is 13.3 Å². The highest BCUT2D eigenvalue weighted by molar-refractivity contribution is 5.77. The molecule has 0 aliphatic rings. The summed E-state index contributed by atoms with van der Waals surface area (Å²) in [7, 11) is 1.80. The summed E-state index contributed by atoms with van der Waals surface area (Å²) in [6, 6.07) is 1.97. The molecule has 0 radical (unpaired) electrons. The average Bonchev–Trinajstić information content (AvgIpc) is 2.19. The molecule has 0 bridgehead atoms. The molecule has 1 aromatic heterocycles. The van der Waals surface area contributed by atoms with Crippen LogP contribution in [0.1, 0.15) is 12.5 Å². The lowest BCUT2D eigenvalue weighted by molar-refractivity contribution is -0.105. The third kappa shape index (κ3) is 2.18. The second-order valence-corrected chi connectivity index (χ2v) is 2.61. The molecular formula is C9H13N3O. The van der Waals surface area contributed by atoms with Gasteiger partial charge in [0.25, 0.3) is 0 Å². The lowest BCUT2D eigenvalue weighted by Gasteiger charge is -2.07. The van der Waals surface area contributed by atoms with Crippen molar-refractivity contribution in [3.63, 3.8) is 0 Å². The molecule has 1 heterocycles. The third-order valence-corrected chi connectivity index (χ3v) is 1.82. The van der Waals surface area contributed by atoms with Crippen molar-refractivity contribution in [3.8, 4) is 0 Å². The van der Waals surface area contributed by atoms with Crippen molar-refractivity contribution in [2.24, 2.45) is 0 Å². The van der Waals surface area contributed by atoms with Gasteiger partial charge in [0.2, 0.25) is 6.41 Å². The zero-order valence-corrected chi connectivity index (χ0v) is 7.79. The van der Waals surface area contributed by atoms with Gasteiger partial charge < -0.3 is 10.6 Å². The highest BCUT2D eigenvalue weighted by atomic mass is 16.1. The predicted octanol–water partition coefficient (Wildman–Crippen LogP) is 1.25. The van der Waals surface area contributed by atoms with Crippen molar-refractivity contribution in [1.82, 2.24) is 4.98 Å². The number of hydrogen-bond acceptors (Lipinski definition) is 3. The van der Waals surface area contributed by atoms with Gasteiger partial charge in [0, 0.05) is 13.2 Å². The minimum absolute atomic E-state index is 0.565. The normalized spacial score (nSPS) is 9.38. The highest BCUT2D eigenvalue weighted by Gasteiger charge is 2.01. The fraction of sp³-hybridized carbons (Fsp3) is 0.333. The number of nitrogens with zero attached hydrogens (tertiary/aromatic N) is 1. The smallest absolute Gasteiger partial charge is 0.212 e. The van der Waals surface area contributed by atoms with Gasteiger partial charge in [-0.25, -0.2) is 4.98 Å². The van der Waals surface area contributed by atoms with Gasteiger partial charge in [-0.15, -0.1) is 0 Å². The van der Waals surface area contributed by atoms with Crippen LogP contribution in [0.4, 0.5) is 11.5 Å². The first kappa shape index (κ1) is 9.51. The highest BCUT2D eigenvalue weighted by Crippen LogP contribution is 2.18. The van der Waals surface area contributed by atoms with Gasteiger partial charge in [0.1, 0.15) is 0 Å². The molecule has 0 aromatic carbocycles. The van der Waals surface area contributed by atoms with E-state index in [-0.39, 0.29) is 0 Å². The Balaban J connectivity index is 3.00. The molecule has 2 N–H and O–H groups in total. The number of anilines is 2. The number of nitrogens with one attached hydrogen (secondary N) is 2. The van der Waals surface area contributed by atoms with Crippen LogP contribution in [0.25, 0.3) is 0 Å². The standard InChI is InChI=1S/C9H13N3O/c1-3-7-4-8(10-2)9(11-5-7)12-6-13/h4-6,10H,3H2,1-2H3,(H,11,12,13). The van der Waals surface area contributed by atoms with Crippen LogP contribution >= 0.6 is 0 Å². The number of rotatable bonds is 4. The number of carbonyl (C=O) groups excluding carboxylic acids is 1. The molecule has 0 saturated carbocycles. The van der Waals surface area contributed by atoms with E-state index < -0.39 is 0 Å². The van der Waals surface area contributed by atoms with Crippen LogP contribution in [0.3, 0.4) is 0 Å². The molecule has 70 valence electrons. The van der Waals surface area contributed by atoms with Crippen LogP contribution in [0.5, 0.6) is 0 Å². The van der Waals surface area contributed by atoms with Crippen molar-refractivity contribution in [1.29, 1.82) is 0 Å². The molecule has 0 unspecified atom stereocenters. The Labute approximate surface area is 77.4 Å². The Hall–Kier alpha value is -1.58. The summed E-state index contributed by atoms with van der Waals surface area (Å²) in [5.74, 6) is 0.565. The summed E-state index contributed by atoms with van der Waals surface area (Å²) in [6.45, 7) is 2.06. The number of carbonyl (C=O) groups is 1. The van der Waals surface area contributed by atoms with Gasteiger partial charge in [-0.05, 0) is 18.1 Å². The molecule has 0 aliphatic carbocycles. The summed E-state index contributed by atoms with van der Waals surface area (Å²) in [4.78, 5) is 14.3. The number of aromatic nitrogens is 1. The maximum Gasteiger partial charge on any atom is 0.212 e. The second-order valence-electron chi connectivity index (χ2n) is 2.61. The Morgan fingerprint density at radius 1 is 1.62 bits per heavy atom. The van der Waals surface area contributed by atoms with Crippen molar-refractivity contribution in [2.75, 3.05) is 17.7 Å². The summed E-state index contributed by atoms with van der Waals surface area (Å²) in [5, 5.41) is 5.50. The van der Waals surface area contributed by atoms with Crippen molar-refractivity contribution >= 4 is 17.9 Å². The number of aryl methyl sites for hydroxylation is 1. The van der Waals surface area contributed by atoms with Crippen LogP contribution in [0.2, 0.25) is 0 Å². The molecular weight excluding hydrogens is 166 g/mol. The number of amides is 1. The first-order valence-electron chi connectivity index (χ1n) is 4.18. The topological polar surface area (TPSA) is 54.0 Å². The van der Waals surface area contributed by atoms with Crippen LogP contribution in [0.15, 0.2) is 12.3 Å². The molecule has 1 amide bonds. The van der Waals surface area contributed by atoms with E-state index in [1.165, 1.54) is 0 Å². The van der Waals surface area contributed by atoms with Gasteiger partial charge in [-0.2, -0.15) is 0 Å². The van der Waals surface area contributed by atoms with Crippen molar-refractivity contribution in [3.05, 3.63) is 17.8 Å². The minimum Gasteiger partial charge on any atom is -0.385 e. The minimum atomic E-state index is 0.565. The zero-order valence-electron chi connectivity index (χ0n) is 7.79. The monoisotopic (exact) mass is 179 g/mol. The maximum atomic E-state index is 10.2. The van der Waals surface area contributed by atoms with Crippen molar-refractivity contribution < 1.29 is 4.79 Å². The average molecular weight is 179 g/mol. The van der Waals surface area contributed by atoms with E-state index in [2.05, 4.69) is 22.5 Å². The van der Waals surface area contributed by atoms with Gasteiger partial charge in [0.15, 0.2) is 5.82 Å². The molecule has 0 atom stereocenters. The van der Waals surface area contributed by atoms with E-state index in [0.29, 0.717) is 12.2 Å². The fourth-order valence-corrected chi connectivity index (χ4v) is 1.06. The van der Waals surface area contributed by atoms with E-state index in [1.54, 1.807) is 13.2 Å².